The van der Waals surface area contributed by atoms with Crippen LogP contribution in [0.2, 0.25) is 5.02 Å². The van der Waals surface area contributed by atoms with Crippen LogP contribution in [-0.2, 0) is 13.2 Å². The monoisotopic (exact) mass is 684 g/mol. The van der Waals surface area contributed by atoms with Crippen LogP contribution in [0.15, 0.2) is 67.0 Å². The number of halogens is 1. The van der Waals surface area contributed by atoms with Crippen molar-refractivity contribution >= 4 is 17.5 Å². The van der Waals surface area contributed by atoms with Crippen LogP contribution in [0.1, 0.15) is 51.0 Å². The van der Waals surface area contributed by atoms with Crippen LogP contribution < -0.4 is 19.5 Å². The van der Waals surface area contributed by atoms with Crippen molar-refractivity contribution in [3.05, 3.63) is 105 Å². The van der Waals surface area contributed by atoms with Crippen LogP contribution in [0.25, 0.3) is 11.1 Å². The van der Waals surface area contributed by atoms with E-state index >= 15 is 0 Å². The van der Waals surface area contributed by atoms with Crippen molar-refractivity contribution < 1.29 is 29.2 Å². The van der Waals surface area contributed by atoms with E-state index < -0.39 is 5.91 Å². The van der Waals surface area contributed by atoms with Gasteiger partial charge >= 0.3 is 0 Å². The van der Waals surface area contributed by atoms with Crippen LogP contribution in [0.3, 0.4) is 0 Å². The van der Waals surface area contributed by atoms with Gasteiger partial charge in [-0.3, -0.25) is 9.78 Å². The van der Waals surface area contributed by atoms with Crippen molar-refractivity contribution in [2.45, 2.75) is 46.0 Å². The Hall–Kier alpha value is -4.66. The minimum atomic E-state index is -0.460. The lowest BCUT2D eigenvalue weighted by molar-refractivity contribution is 0.0940. The molecule has 3 aromatic carbocycles. The number of ether oxygens (including phenoxy) is 3. The molecule has 0 bridgehead atoms. The maximum Gasteiger partial charge on any atom is 0.255 e. The minimum absolute atomic E-state index is 0.0513. The summed E-state index contributed by atoms with van der Waals surface area (Å²) in [4.78, 5) is 19.3. The van der Waals surface area contributed by atoms with Crippen molar-refractivity contribution in [3.8, 4) is 34.4 Å². The molecule has 0 spiro atoms. The molecule has 1 atom stereocenters. The molecule has 0 radical (unpaired) electrons. The number of carbonyl (C=O) groups is 1. The molecular formula is C38H41ClN4O6. The van der Waals surface area contributed by atoms with Gasteiger partial charge in [0.1, 0.15) is 36.5 Å². The molecule has 1 aliphatic heterocycles. The van der Waals surface area contributed by atoms with Gasteiger partial charge in [0.2, 0.25) is 0 Å². The highest BCUT2D eigenvalue weighted by Crippen LogP contribution is 2.36. The molecule has 11 heteroatoms. The first kappa shape index (κ1) is 35.6. The summed E-state index contributed by atoms with van der Waals surface area (Å²) in [6.45, 7) is 7.40. The molecule has 1 aromatic heterocycles. The standard InChI is InChI=1S/C38H41ClN4O6/c1-25-29(6-3-7-31(25)32-8-4-9-35(26(32)2)47-15-5-12-43-13-10-30(45)22-43)24-49-37-18-36(33(17-34(37)39)38(46)42-11-14-44)48-23-28-16-27(19-40)20-41-21-28/h3-4,6-9,16-18,20-21,30,44-45H,5,10-15,22-24H2,1-2H3,(H,42,46). The van der Waals surface area contributed by atoms with Crippen LogP contribution in [0.5, 0.6) is 17.2 Å². The molecule has 1 aliphatic rings. The maximum absolute atomic E-state index is 12.9. The fourth-order valence-corrected chi connectivity index (χ4v) is 6.05. The molecule has 1 unspecified atom stereocenters. The van der Waals surface area contributed by atoms with Crippen molar-refractivity contribution in [3.63, 3.8) is 0 Å². The molecule has 4 aromatic rings. The van der Waals surface area contributed by atoms with E-state index in [0.717, 1.165) is 66.0 Å². The number of nitriles is 1. The Balaban J connectivity index is 1.30. The number of nitrogens with zero attached hydrogens (tertiary/aromatic N) is 3. The molecule has 5 rings (SSSR count). The highest BCUT2D eigenvalue weighted by atomic mass is 35.5. The second kappa shape index (κ2) is 17.1. The second-order valence-corrected chi connectivity index (χ2v) is 12.4. The first-order valence-electron chi connectivity index (χ1n) is 16.3. The number of aromatic nitrogens is 1. The smallest absolute Gasteiger partial charge is 0.255 e. The van der Waals surface area contributed by atoms with E-state index in [1.807, 2.05) is 24.3 Å². The summed E-state index contributed by atoms with van der Waals surface area (Å²) >= 11 is 6.62. The number of aliphatic hydroxyl groups excluding tert-OH is 2. The summed E-state index contributed by atoms with van der Waals surface area (Å²) in [5.41, 5.74) is 6.42. The first-order valence-corrected chi connectivity index (χ1v) is 16.7. The molecule has 49 heavy (non-hydrogen) atoms. The normalized spacial score (nSPS) is 14.3. The van der Waals surface area contributed by atoms with Gasteiger partial charge in [0, 0.05) is 50.2 Å². The number of rotatable bonds is 15. The van der Waals surface area contributed by atoms with Gasteiger partial charge in [0.05, 0.1) is 35.5 Å². The summed E-state index contributed by atoms with van der Waals surface area (Å²) in [5, 5.41) is 31.0. The topological polar surface area (TPSA) is 137 Å². The fraction of sp³-hybridized carbons (Fsp3) is 0.342. The predicted molar refractivity (Wildman–Crippen MR) is 187 cm³/mol. The number of hydrogen-bond donors (Lipinski definition) is 3. The van der Waals surface area contributed by atoms with E-state index in [-0.39, 0.29) is 48.8 Å². The van der Waals surface area contributed by atoms with Gasteiger partial charge in [-0.25, -0.2) is 0 Å². The van der Waals surface area contributed by atoms with E-state index in [1.54, 1.807) is 18.3 Å². The molecule has 256 valence electrons. The second-order valence-electron chi connectivity index (χ2n) is 12.0. The van der Waals surface area contributed by atoms with Crippen LogP contribution >= 0.6 is 11.6 Å². The summed E-state index contributed by atoms with van der Waals surface area (Å²) in [6, 6.07) is 18.9. The third-order valence-corrected chi connectivity index (χ3v) is 8.82. The van der Waals surface area contributed by atoms with Crippen molar-refractivity contribution in [1.29, 1.82) is 5.26 Å². The van der Waals surface area contributed by atoms with E-state index in [2.05, 4.69) is 47.3 Å². The molecule has 1 saturated heterocycles. The molecule has 0 saturated carbocycles. The third kappa shape index (κ3) is 9.28. The lowest BCUT2D eigenvalue weighted by Gasteiger charge is -2.18. The van der Waals surface area contributed by atoms with Crippen molar-refractivity contribution in [2.24, 2.45) is 0 Å². The number of nitrogens with one attached hydrogen (secondary N) is 1. The summed E-state index contributed by atoms with van der Waals surface area (Å²) < 4.78 is 18.4. The average molecular weight is 685 g/mol. The molecule has 1 amide bonds. The minimum Gasteiger partial charge on any atom is -0.493 e. The van der Waals surface area contributed by atoms with Gasteiger partial charge in [-0.2, -0.15) is 5.26 Å². The first-order chi connectivity index (χ1) is 23.8. The number of β-amino-alcohol motifs (C(OH)–C–C–N with tert-alkyl or cyclic N) is 1. The predicted octanol–water partition coefficient (Wildman–Crippen LogP) is 5.61. The van der Waals surface area contributed by atoms with E-state index in [4.69, 9.17) is 25.8 Å². The van der Waals surface area contributed by atoms with E-state index in [0.29, 0.717) is 23.5 Å². The Morgan fingerprint density at radius 1 is 1.02 bits per heavy atom. The Labute approximate surface area is 291 Å². The lowest BCUT2D eigenvalue weighted by atomic mass is 9.93. The van der Waals surface area contributed by atoms with Gasteiger partial charge in [0.15, 0.2) is 0 Å². The Kier molecular flexibility index (Phi) is 12.5. The molecule has 0 aliphatic carbocycles. The molecular weight excluding hydrogens is 644 g/mol. The third-order valence-electron chi connectivity index (χ3n) is 8.52. The highest BCUT2D eigenvalue weighted by molar-refractivity contribution is 6.32. The van der Waals surface area contributed by atoms with Gasteiger partial charge < -0.3 is 34.6 Å². The number of pyridine rings is 1. The summed E-state index contributed by atoms with van der Waals surface area (Å²) in [6.07, 6.45) is 4.55. The lowest BCUT2D eigenvalue weighted by Crippen LogP contribution is -2.27. The van der Waals surface area contributed by atoms with Gasteiger partial charge in [-0.1, -0.05) is 41.9 Å². The highest BCUT2D eigenvalue weighted by Gasteiger charge is 2.20. The van der Waals surface area contributed by atoms with Crippen molar-refractivity contribution in [1.82, 2.24) is 15.2 Å². The van der Waals surface area contributed by atoms with Gasteiger partial charge in [0.25, 0.3) is 5.91 Å². The van der Waals surface area contributed by atoms with Crippen LogP contribution in [0, 0.1) is 25.2 Å². The Morgan fingerprint density at radius 2 is 1.80 bits per heavy atom. The van der Waals surface area contributed by atoms with Crippen molar-refractivity contribution in [2.75, 3.05) is 39.4 Å². The summed E-state index contributed by atoms with van der Waals surface area (Å²) in [7, 11) is 0. The number of amides is 1. The number of carbonyl (C=O) groups excluding carboxylic acids is 1. The zero-order valence-corrected chi connectivity index (χ0v) is 28.5. The summed E-state index contributed by atoms with van der Waals surface area (Å²) in [5.74, 6) is 0.947. The van der Waals surface area contributed by atoms with Crippen LogP contribution in [-0.4, -0.2) is 71.5 Å². The number of benzene rings is 3. The molecule has 2 heterocycles. The number of hydrogen-bond acceptors (Lipinski definition) is 9. The maximum atomic E-state index is 12.9. The van der Waals surface area contributed by atoms with Crippen LogP contribution in [0.4, 0.5) is 0 Å². The molecule has 1 fully saturated rings. The largest absolute Gasteiger partial charge is 0.493 e. The SMILES string of the molecule is Cc1c(COc2cc(OCc3cncc(C#N)c3)c(C(=O)NCCO)cc2Cl)cccc1-c1cccc(OCCCN2CCC(O)C2)c1C. The Bertz CT molecular complexity index is 1810. The molecule has 3 N–H and O–H groups in total. The number of aliphatic hydroxyl groups is 2. The van der Waals surface area contributed by atoms with E-state index in [9.17, 15) is 20.3 Å². The average Bonchev–Trinajstić information content (AvgIpc) is 3.53. The zero-order chi connectivity index (χ0) is 34.8. The fourth-order valence-electron chi connectivity index (χ4n) is 5.83. The van der Waals surface area contributed by atoms with Gasteiger partial charge in [-0.05, 0) is 72.7 Å². The molecule has 10 nitrogen and oxygen atoms in total. The van der Waals surface area contributed by atoms with E-state index in [1.165, 1.54) is 12.3 Å². The Morgan fingerprint density at radius 3 is 2.55 bits per heavy atom. The van der Waals surface area contributed by atoms with Gasteiger partial charge in [-0.15, -0.1) is 0 Å². The number of likely N-dealkylation sites (tertiary alicyclic amines) is 1. The quantitative estimate of drug-likeness (QED) is 0.137. The zero-order valence-electron chi connectivity index (χ0n) is 27.7.